The molecule has 1 aliphatic heterocycles. The third-order valence-electron chi connectivity index (χ3n) is 5.98. The largest absolute Gasteiger partial charge is 0.334 e. The van der Waals surface area contributed by atoms with Crippen LogP contribution in [0, 0.1) is 11.3 Å². The van der Waals surface area contributed by atoms with Crippen molar-refractivity contribution in [2.24, 2.45) is 11.3 Å². The molecular formula is C19H20N2O. The fourth-order valence-corrected chi connectivity index (χ4v) is 4.57. The highest BCUT2D eigenvalue weighted by molar-refractivity contribution is 5.98. The van der Waals surface area contributed by atoms with Crippen LogP contribution >= 0.6 is 0 Å². The number of amides is 1. The average Bonchev–Trinajstić information content (AvgIpc) is 3.28. The summed E-state index contributed by atoms with van der Waals surface area (Å²) in [6.45, 7) is 0.984. The first-order chi connectivity index (χ1) is 10.8. The third-order valence-corrected chi connectivity index (χ3v) is 5.98. The van der Waals surface area contributed by atoms with E-state index in [1.54, 1.807) is 6.20 Å². The van der Waals surface area contributed by atoms with E-state index in [-0.39, 0.29) is 5.91 Å². The van der Waals surface area contributed by atoms with Crippen LogP contribution in [-0.4, -0.2) is 28.4 Å². The maximum Gasteiger partial charge on any atom is 0.254 e. The molecule has 1 saturated heterocycles. The predicted octanol–water partition coefficient (Wildman–Crippen LogP) is 3.64. The second-order valence-corrected chi connectivity index (χ2v) is 7.34. The zero-order chi connectivity index (χ0) is 14.7. The monoisotopic (exact) mass is 292 g/mol. The fraction of sp³-hybridized carbons (Fsp3) is 0.474. The molecule has 1 spiro atoms. The smallest absolute Gasteiger partial charge is 0.254 e. The normalized spacial score (nSPS) is 25.8. The van der Waals surface area contributed by atoms with Crippen molar-refractivity contribution < 1.29 is 4.79 Å². The molecule has 22 heavy (non-hydrogen) atoms. The number of aromatic nitrogens is 1. The standard InChI is InChI=1S/C19H20N2O/c22-18(15-6-7-16-14(11-15)3-1-10-20-16)21-12-19(8-2-9-19)17(21)13-4-5-13/h1,3,6-7,10-11,13,17H,2,4-5,8-9,12H2. The van der Waals surface area contributed by atoms with E-state index in [1.165, 1.54) is 32.1 Å². The number of nitrogens with zero attached hydrogens (tertiary/aromatic N) is 2. The molecular weight excluding hydrogens is 272 g/mol. The molecule has 2 heterocycles. The second kappa shape index (κ2) is 4.31. The van der Waals surface area contributed by atoms with Crippen LogP contribution in [0.3, 0.4) is 0 Å². The Kier molecular flexibility index (Phi) is 2.47. The van der Waals surface area contributed by atoms with E-state index in [1.807, 2.05) is 30.3 Å². The van der Waals surface area contributed by atoms with Crippen LogP contribution < -0.4 is 0 Å². The molecule has 2 aliphatic carbocycles. The first-order valence-corrected chi connectivity index (χ1v) is 8.43. The number of hydrogen-bond acceptors (Lipinski definition) is 2. The Labute approximate surface area is 130 Å². The van der Waals surface area contributed by atoms with Crippen LogP contribution in [0.5, 0.6) is 0 Å². The molecule has 0 radical (unpaired) electrons. The molecule has 2 aromatic rings. The number of carbonyl (C=O) groups excluding carboxylic acids is 1. The van der Waals surface area contributed by atoms with Gasteiger partial charge in [0.1, 0.15) is 0 Å². The van der Waals surface area contributed by atoms with E-state index < -0.39 is 0 Å². The van der Waals surface area contributed by atoms with Crippen molar-refractivity contribution in [2.75, 3.05) is 6.54 Å². The summed E-state index contributed by atoms with van der Waals surface area (Å²) in [5.41, 5.74) is 2.27. The lowest BCUT2D eigenvalue weighted by atomic mass is 9.56. The van der Waals surface area contributed by atoms with E-state index in [0.717, 1.165) is 28.9 Å². The zero-order valence-electron chi connectivity index (χ0n) is 12.7. The van der Waals surface area contributed by atoms with Gasteiger partial charge in [0.05, 0.1) is 5.52 Å². The molecule has 1 unspecified atom stereocenters. The van der Waals surface area contributed by atoms with Crippen molar-refractivity contribution in [3.05, 3.63) is 42.1 Å². The molecule has 3 fully saturated rings. The predicted molar refractivity (Wildman–Crippen MR) is 85.6 cm³/mol. The number of hydrogen-bond donors (Lipinski definition) is 0. The lowest BCUT2D eigenvalue weighted by molar-refractivity contribution is -0.111. The number of benzene rings is 1. The highest BCUT2D eigenvalue weighted by atomic mass is 16.2. The van der Waals surface area contributed by atoms with Gasteiger partial charge in [-0.05, 0) is 55.9 Å². The minimum absolute atomic E-state index is 0.222. The van der Waals surface area contributed by atoms with Crippen LogP contribution in [0.25, 0.3) is 10.9 Å². The van der Waals surface area contributed by atoms with E-state index in [9.17, 15) is 4.79 Å². The molecule has 112 valence electrons. The van der Waals surface area contributed by atoms with Gasteiger partial charge in [0.2, 0.25) is 0 Å². The molecule has 5 rings (SSSR count). The van der Waals surface area contributed by atoms with Crippen molar-refractivity contribution in [3.8, 4) is 0 Å². The van der Waals surface area contributed by atoms with Crippen molar-refractivity contribution in [1.82, 2.24) is 9.88 Å². The summed E-state index contributed by atoms with van der Waals surface area (Å²) < 4.78 is 0. The Morgan fingerprint density at radius 2 is 2.09 bits per heavy atom. The van der Waals surface area contributed by atoms with Gasteiger partial charge in [-0.25, -0.2) is 0 Å². The lowest BCUT2D eigenvalue weighted by Crippen LogP contribution is -2.69. The summed E-state index contributed by atoms with van der Waals surface area (Å²) in [6.07, 6.45) is 8.45. The van der Waals surface area contributed by atoms with Crippen molar-refractivity contribution in [2.45, 2.75) is 38.1 Å². The zero-order valence-corrected chi connectivity index (χ0v) is 12.7. The highest BCUT2D eigenvalue weighted by Gasteiger charge is 2.61. The van der Waals surface area contributed by atoms with E-state index in [2.05, 4.69) is 9.88 Å². The van der Waals surface area contributed by atoms with Gasteiger partial charge in [-0.2, -0.15) is 0 Å². The van der Waals surface area contributed by atoms with Crippen LogP contribution in [0.4, 0.5) is 0 Å². The van der Waals surface area contributed by atoms with E-state index in [4.69, 9.17) is 0 Å². The Balaban J connectivity index is 1.45. The van der Waals surface area contributed by atoms with Crippen molar-refractivity contribution in [3.63, 3.8) is 0 Å². The van der Waals surface area contributed by atoms with Gasteiger partial charge in [0.15, 0.2) is 0 Å². The van der Waals surface area contributed by atoms with Gasteiger partial charge in [0, 0.05) is 35.1 Å². The summed E-state index contributed by atoms with van der Waals surface area (Å²) >= 11 is 0. The average molecular weight is 292 g/mol. The maximum absolute atomic E-state index is 12.9. The number of likely N-dealkylation sites (tertiary alicyclic amines) is 1. The molecule has 2 saturated carbocycles. The lowest BCUT2D eigenvalue weighted by Gasteiger charge is -2.63. The summed E-state index contributed by atoms with van der Waals surface area (Å²) in [6, 6.07) is 10.4. The van der Waals surface area contributed by atoms with Crippen LogP contribution in [-0.2, 0) is 0 Å². The summed E-state index contributed by atoms with van der Waals surface area (Å²) in [4.78, 5) is 19.4. The van der Waals surface area contributed by atoms with Gasteiger partial charge in [-0.3, -0.25) is 9.78 Å². The van der Waals surface area contributed by atoms with Crippen molar-refractivity contribution >= 4 is 16.8 Å². The van der Waals surface area contributed by atoms with Gasteiger partial charge in [0.25, 0.3) is 5.91 Å². The van der Waals surface area contributed by atoms with Crippen LogP contribution in [0.15, 0.2) is 36.5 Å². The minimum atomic E-state index is 0.222. The van der Waals surface area contributed by atoms with E-state index in [0.29, 0.717) is 11.5 Å². The van der Waals surface area contributed by atoms with Crippen molar-refractivity contribution in [1.29, 1.82) is 0 Å². The fourth-order valence-electron chi connectivity index (χ4n) is 4.57. The number of fused-ring (bicyclic) bond motifs is 1. The Hall–Kier alpha value is -1.90. The quantitative estimate of drug-likeness (QED) is 0.846. The third kappa shape index (κ3) is 1.68. The summed E-state index contributed by atoms with van der Waals surface area (Å²) in [5, 5.41) is 1.05. The summed E-state index contributed by atoms with van der Waals surface area (Å²) in [7, 11) is 0. The van der Waals surface area contributed by atoms with Crippen LogP contribution in [0.1, 0.15) is 42.5 Å². The number of pyridine rings is 1. The molecule has 3 heteroatoms. The van der Waals surface area contributed by atoms with Gasteiger partial charge in [-0.1, -0.05) is 12.5 Å². The number of rotatable bonds is 2. The highest BCUT2D eigenvalue weighted by Crippen LogP contribution is 2.59. The molecule has 1 aromatic carbocycles. The van der Waals surface area contributed by atoms with Gasteiger partial charge in [-0.15, -0.1) is 0 Å². The van der Waals surface area contributed by atoms with Gasteiger partial charge < -0.3 is 4.90 Å². The topological polar surface area (TPSA) is 33.2 Å². The summed E-state index contributed by atoms with van der Waals surface area (Å²) in [5.74, 6) is 1.00. The molecule has 3 aliphatic rings. The second-order valence-electron chi connectivity index (χ2n) is 7.34. The molecule has 1 atom stereocenters. The number of carbonyl (C=O) groups is 1. The molecule has 1 aromatic heterocycles. The SMILES string of the molecule is O=C(c1ccc2ncccc2c1)N1CC2(CCC2)C1C1CC1. The molecule has 1 amide bonds. The Bertz CT molecular complexity index is 761. The molecule has 0 bridgehead atoms. The maximum atomic E-state index is 12.9. The minimum Gasteiger partial charge on any atom is -0.334 e. The first-order valence-electron chi connectivity index (χ1n) is 8.43. The van der Waals surface area contributed by atoms with Crippen LogP contribution in [0.2, 0.25) is 0 Å². The Morgan fingerprint density at radius 3 is 2.82 bits per heavy atom. The first kappa shape index (κ1) is 12.6. The Morgan fingerprint density at radius 1 is 1.23 bits per heavy atom. The van der Waals surface area contributed by atoms with E-state index >= 15 is 0 Å². The molecule has 3 nitrogen and oxygen atoms in total. The molecule has 0 N–H and O–H groups in total. The van der Waals surface area contributed by atoms with Gasteiger partial charge >= 0.3 is 0 Å².